The Bertz CT molecular complexity index is 545. The Morgan fingerprint density at radius 2 is 2.20 bits per heavy atom. The molecule has 6 heteroatoms. The molecule has 0 saturated carbocycles. The molecule has 2 rings (SSSR count). The van der Waals surface area contributed by atoms with E-state index in [0.29, 0.717) is 5.95 Å². The molecule has 2 aromatic rings. The lowest BCUT2D eigenvalue weighted by molar-refractivity contribution is 0.811. The third-order valence-corrected chi connectivity index (χ3v) is 1.85. The first kappa shape index (κ1) is 8.97. The fourth-order valence-electron chi connectivity index (χ4n) is 1.16. The van der Waals surface area contributed by atoms with Gasteiger partial charge in [0, 0.05) is 6.20 Å². The van der Waals surface area contributed by atoms with Crippen molar-refractivity contribution in [2.24, 2.45) is 0 Å². The van der Waals surface area contributed by atoms with E-state index in [0.717, 1.165) is 5.69 Å². The highest BCUT2D eigenvalue weighted by molar-refractivity contribution is 5.39. The molecule has 0 spiro atoms. The maximum absolute atomic E-state index is 8.71. The summed E-state index contributed by atoms with van der Waals surface area (Å²) < 4.78 is 1.48. The number of aromatic nitrogens is 4. The van der Waals surface area contributed by atoms with Crippen LogP contribution in [0.1, 0.15) is 17.1 Å². The number of H-pyrrole nitrogens is 1. The molecule has 0 aliphatic carbocycles. The minimum absolute atomic E-state index is 0.0839. The number of imidazole rings is 1. The van der Waals surface area contributed by atoms with Crippen LogP contribution in [0, 0.1) is 29.6 Å². The van der Waals surface area contributed by atoms with Gasteiger partial charge in [-0.2, -0.15) is 20.6 Å². The Morgan fingerprint density at radius 1 is 1.40 bits per heavy atom. The second-order valence-electron chi connectivity index (χ2n) is 2.91. The lowest BCUT2D eigenvalue weighted by Gasteiger charge is -1.92. The molecular weight excluding hydrogens is 192 g/mol. The summed E-state index contributed by atoms with van der Waals surface area (Å²) in [5.74, 6) is 0.371. The van der Waals surface area contributed by atoms with Crippen molar-refractivity contribution >= 4 is 0 Å². The molecule has 72 valence electrons. The summed E-state index contributed by atoms with van der Waals surface area (Å²) in [5, 5.41) is 21.5. The molecule has 0 radical (unpaired) electrons. The normalized spacial score (nSPS) is 9.53. The van der Waals surface area contributed by atoms with Gasteiger partial charge in [0.05, 0.1) is 5.69 Å². The first-order chi connectivity index (χ1) is 7.24. The molecule has 2 heterocycles. The van der Waals surface area contributed by atoms with Crippen LogP contribution in [0.5, 0.6) is 0 Å². The summed E-state index contributed by atoms with van der Waals surface area (Å²) in [6.45, 7) is 1.84. The van der Waals surface area contributed by atoms with Gasteiger partial charge < -0.3 is 4.98 Å². The number of nitrogens with zero attached hydrogens (tertiary/aromatic N) is 5. The van der Waals surface area contributed by atoms with Crippen LogP contribution in [0.2, 0.25) is 0 Å². The second kappa shape index (κ2) is 3.28. The molecule has 0 aromatic carbocycles. The van der Waals surface area contributed by atoms with Crippen LogP contribution in [0.3, 0.4) is 0 Å². The van der Waals surface area contributed by atoms with E-state index in [-0.39, 0.29) is 11.4 Å². The predicted molar refractivity (Wildman–Crippen MR) is 49.9 cm³/mol. The second-order valence-corrected chi connectivity index (χ2v) is 2.91. The van der Waals surface area contributed by atoms with E-state index in [4.69, 9.17) is 10.5 Å². The maximum Gasteiger partial charge on any atom is 0.230 e. The topological polar surface area (TPSA) is 94.1 Å². The van der Waals surface area contributed by atoms with Crippen molar-refractivity contribution in [1.82, 2.24) is 19.7 Å². The molecule has 0 amide bonds. The number of hydrogen-bond acceptors (Lipinski definition) is 4. The van der Waals surface area contributed by atoms with Crippen LogP contribution >= 0.6 is 0 Å². The Labute approximate surface area is 85.4 Å². The summed E-state index contributed by atoms with van der Waals surface area (Å²) in [4.78, 5) is 6.66. The highest BCUT2D eigenvalue weighted by atomic mass is 15.3. The van der Waals surface area contributed by atoms with Gasteiger partial charge in [0.2, 0.25) is 5.95 Å². The number of nitrogens with one attached hydrogen (secondary N) is 1. The van der Waals surface area contributed by atoms with Crippen molar-refractivity contribution in [3.05, 3.63) is 29.3 Å². The minimum Gasteiger partial charge on any atom is -0.313 e. The van der Waals surface area contributed by atoms with Gasteiger partial charge in [0.15, 0.2) is 11.4 Å². The smallest absolute Gasteiger partial charge is 0.230 e. The molecule has 2 aromatic heterocycles. The molecule has 6 nitrogen and oxygen atoms in total. The molecule has 15 heavy (non-hydrogen) atoms. The summed E-state index contributed by atoms with van der Waals surface area (Å²) in [5.41, 5.74) is 1.07. The number of aryl methyl sites for hydroxylation is 1. The van der Waals surface area contributed by atoms with E-state index in [1.807, 2.05) is 19.1 Å². The molecule has 0 unspecified atom stereocenters. The van der Waals surface area contributed by atoms with Crippen molar-refractivity contribution < 1.29 is 0 Å². The van der Waals surface area contributed by atoms with Crippen molar-refractivity contribution in [2.75, 3.05) is 0 Å². The Hall–Kier alpha value is -2.60. The van der Waals surface area contributed by atoms with Gasteiger partial charge in [-0.25, -0.2) is 4.68 Å². The Kier molecular flexibility index (Phi) is 1.96. The van der Waals surface area contributed by atoms with Gasteiger partial charge in [-0.3, -0.25) is 0 Å². The van der Waals surface area contributed by atoms with Crippen LogP contribution in [0.25, 0.3) is 5.95 Å². The molecule has 0 fully saturated rings. The molecule has 0 atom stereocenters. The van der Waals surface area contributed by atoms with Gasteiger partial charge >= 0.3 is 0 Å². The van der Waals surface area contributed by atoms with Crippen molar-refractivity contribution in [2.45, 2.75) is 6.92 Å². The van der Waals surface area contributed by atoms with Crippen molar-refractivity contribution in [1.29, 1.82) is 10.5 Å². The van der Waals surface area contributed by atoms with Crippen LogP contribution in [-0.2, 0) is 0 Å². The lowest BCUT2D eigenvalue weighted by Crippen LogP contribution is -1.97. The van der Waals surface area contributed by atoms with E-state index in [1.54, 1.807) is 12.3 Å². The largest absolute Gasteiger partial charge is 0.313 e. The van der Waals surface area contributed by atoms with Gasteiger partial charge in [-0.05, 0) is 13.0 Å². The lowest BCUT2D eigenvalue weighted by atomic mass is 10.4. The van der Waals surface area contributed by atoms with E-state index in [2.05, 4.69) is 15.1 Å². The first-order valence-electron chi connectivity index (χ1n) is 4.17. The average molecular weight is 198 g/mol. The van der Waals surface area contributed by atoms with Crippen molar-refractivity contribution in [3.8, 4) is 18.1 Å². The SMILES string of the molecule is Cc1ccn(-c2nc(C#N)c(C#N)[nH]2)n1. The van der Waals surface area contributed by atoms with Gasteiger partial charge in [0.25, 0.3) is 0 Å². The van der Waals surface area contributed by atoms with Gasteiger partial charge in [-0.15, -0.1) is 0 Å². The molecule has 0 aliphatic rings. The summed E-state index contributed by atoms with van der Waals surface area (Å²) in [6.07, 6.45) is 1.70. The standard InChI is InChI=1S/C9H6N6/c1-6-2-3-15(14-6)9-12-7(4-10)8(5-11)13-9/h2-3H,1H3,(H,12,13). The number of nitriles is 2. The monoisotopic (exact) mass is 198 g/mol. The number of hydrogen-bond donors (Lipinski definition) is 1. The predicted octanol–water partition coefficient (Wildman–Crippen LogP) is 0.647. The van der Waals surface area contributed by atoms with Crippen LogP contribution < -0.4 is 0 Å². The maximum atomic E-state index is 8.71. The minimum atomic E-state index is 0.0839. The summed E-state index contributed by atoms with van der Waals surface area (Å²) in [7, 11) is 0. The number of rotatable bonds is 1. The number of aromatic amines is 1. The van der Waals surface area contributed by atoms with E-state index in [9.17, 15) is 0 Å². The quantitative estimate of drug-likeness (QED) is 0.727. The Balaban J connectivity index is 2.53. The molecule has 1 N–H and O–H groups in total. The van der Waals surface area contributed by atoms with Crippen molar-refractivity contribution in [3.63, 3.8) is 0 Å². The van der Waals surface area contributed by atoms with Gasteiger partial charge in [-0.1, -0.05) is 0 Å². The fourth-order valence-corrected chi connectivity index (χ4v) is 1.16. The third kappa shape index (κ3) is 1.45. The molecular formula is C9H6N6. The summed E-state index contributed by atoms with van der Waals surface area (Å²) >= 11 is 0. The molecule has 0 bridgehead atoms. The highest BCUT2D eigenvalue weighted by Gasteiger charge is 2.10. The third-order valence-electron chi connectivity index (χ3n) is 1.85. The molecule has 0 saturated heterocycles. The van der Waals surface area contributed by atoms with Crippen LogP contribution in [0.4, 0.5) is 0 Å². The average Bonchev–Trinajstić information content (AvgIpc) is 2.82. The zero-order chi connectivity index (χ0) is 10.8. The Morgan fingerprint density at radius 3 is 2.67 bits per heavy atom. The van der Waals surface area contributed by atoms with Crippen LogP contribution in [0.15, 0.2) is 12.3 Å². The molecule has 0 aliphatic heterocycles. The van der Waals surface area contributed by atoms with Crippen LogP contribution in [-0.4, -0.2) is 19.7 Å². The van der Waals surface area contributed by atoms with E-state index >= 15 is 0 Å². The highest BCUT2D eigenvalue weighted by Crippen LogP contribution is 2.07. The van der Waals surface area contributed by atoms with E-state index in [1.165, 1.54) is 4.68 Å². The van der Waals surface area contributed by atoms with E-state index < -0.39 is 0 Å². The fraction of sp³-hybridized carbons (Fsp3) is 0.111. The zero-order valence-electron chi connectivity index (χ0n) is 7.89. The van der Waals surface area contributed by atoms with Gasteiger partial charge in [0.1, 0.15) is 12.1 Å². The first-order valence-corrected chi connectivity index (χ1v) is 4.17. The summed E-state index contributed by atoms with van der Waals surface area (Å²) in [6, 6.07) is 5.51. The zero-order valence-corrected chi connectivity index (χ0v) is 7.89.